The fourth-order valence-electron chi connectivity index (χ4n) is 0. The van der Waals surface area contributed by atoms with E-state index in [1.54, 1.807) is 0 Å². The van der Waals surface area contributed by atoms with Gasteiger partial charge in [0.25, 0.3) is 0 Å². The average Bonchev–Trinajstić information content (AvgIpc) is 0. The Bertz CT molecular complexity index is 4.85. The fraction of sp³-hybridized carbons (Fsp3) is 0. The predicted octanol–water partition coefficient (Wildman–Crippen LogP) is -0.361. The summed E-state index contributed by atoms with van der Waals surface area (Å²) in [5, 5.41) is 0. The zero-order valence-electron chi connectivity index (χ0n) is 2.12. The van der Waals surface area contributed by atoms with Crippen LogP contribution in [0.15, 0.2) is 0 Å². The Hall–Kier alpha value is 1.36. The molecule has 3 nitrogen and oxygen atoms in total. The minimum absolute atomic E-state index is 0. The van der Waals surface area contributed by atoms with Gasteiger partial charge in [0, 0.05) is 44.8 Å². The second-order valence-electron chi connectivity index (χ2n) is 0. The van der Waals surface area contributed by atoms with Crippen molar-refractivity contribution >= 4 is 0 Å². The molecule has 0 fully saturated rings. The van der Waals surface area contributed by atoms with Crippen molar-refractivity contribution in [1.82, 2.24) is 0 Å². The van der Waals surface area contributed by atoms with Gasteiger partial charge in [0.2, 0.25) is 0 Å². The molecule has 5 heavy (non-hydrogen) atoms. The summed E-state index contributed by atoms with van der Waals surface area (Å²) < 4.78 is 0. The second kappa shape index (κ2) is 55.1. The van der Waals surface area contributed by atoms with Crippen molar-refractivity contribution in [3.05, 3.63) is 0 Å². The number of rotatable bonds is 0. The first-order valence-electron chi connectivity index (χ1n) is 0. The van der Waals surface area contributed by atoms with Gasteiger partial charge in [-0.15, -0.1) is 0 Å². The quantitative estimate of drug-likeness (QED) is 0.523. The molecule has 0 saturated heterocycles. The van der Waals surface area contributed by atoms with Gasteiger partial charge in [-0.1, -0.05) is 0 Å². The molecule has 0 amide bonds. The molecule has 0 N–H and O–H groups in total. The Morgan fingerprint density at radius 2 is 0.400 bits per heavy atom. The van der Waals surface area contributed by atoms with Crippen LogP contribution in [0.25, 0.3) is 0 Å². The van der Waals surface area contributed by atoms with Crippen molar-refractivity contribution in [2.75, 3.05) is 0 Å². The third-order valence-corrected chi connectivity index (χ3v) is 0. The molecule has 0 aliphatic rings. The monoisotopic (exact) mass is 410 g/mol. The molecule has 0 saturated carbocycles. The Balaban J connectivity index is 0. The first-order chi connectivity index (χ1) is 0. The standard InChI is InChI=1S/3O.2Ta/q3*-2;;. The summed E-state index contributed by atoms with van der Waals surface area (Å²) >= 11 is 0. The first kappa shape index (κ1) is 98.7. The average molecular weight is 410 g/mol. The summed E-state index contributed by atoms with van der Waals surface area (Å²) in [4.78, 5) is 0. The third kappa shape index (κ3) is 32.7. The van der Waals surface area contributed by atoms with Crippen molar-refractivity contribution in [2.45, 2.75) is 0 Å². The van der Waals surface area contributed by atoms with Gasteiger partial charge < -0.3 is 16.4 Å². The third-order valence-electron chi connectivity index (χ3n) is 0. The van der Waals surface area contributed by atoms with Crippen molar-refractivity contribution in [2.24, 2.45) is 0 Å². The predicted molar refractivity (Wildman–Crippen MR) is 2.06 cm³/mol. The van der Waals surface area contributed by atoms with E-state index in [0.717, 1.165) is 0 Å². The molecule has 0 spiro atoms. The van der Waals surface area contributed by atoms with Crippen LogP contribution in [0.2, 0.25) is 0 Å². The SMILES string of the molecule is [O-2].[O-2].[O-2].[Ta].[Ta]. The van der Waals surface area contributed by atoms with Crippen LogP contribution in [0.5, 0.6) is 0 Å². The van der Waals surface area contributed by atoms with E-state index >= 15 is 0 Å². The molecule has 0 aromatic rings. The maximum Gasteiger partial charge on any atom is 0 e. The Morgan fingerprint density at radius 1 is 0.400 bits per heavy atom. The van der Waals surface area contributed by atoms with Crippen LogP contribution in [-0.4, -0.2) is 0 Å². The van der Waals surface area contributed by atoms with Crippen LogP contribution in [0.3, 0.4) is 0 Å². The van der Waals surface area contributed by atoms with E-state index in [1.165, 1.54) is 0 Å². The van der Waals surface area contributed by atoms with Gasteiger partial charge >= 0.3 is 0 Å². The van der Waals surface area contributed by atoms with Crippen molar-refractivity contribution in [3.8, 4) is 0 Å². The molecule has 34 valence electrons. The van der Waals surface area contributed by atoms with Crippen LogP contribution in [0.4, 0.5) is 0 Å². The maximum atomic E-state index is 0. The zero-order chi connectivity index (χ0) is 0. The molecular formula is O3Ta2-6. The summed E-state index contributed by atoms with van der Waals surface area (Å²) in [5.74, 6) is 0. The van der Waals surface area contributed by atoms with E-state index in [2.05, 4.69) is 0 Å². The normalized spacial score (nSPS) is 0. The molecule has 0 aliphatic heterocycles. The van der Waals surface area contributed by atoms with Crippen molar-refractivity contribution in [3.63, 3.8) is 0 Å². The zero-order valence-corrected chi connectivity index (χ0v) is 8.55. The summed E-state index contributed by atoms with van der Waals surface area (Å²) in [6, 6.07) is 0. The number of hydrogen-bond donors (Lipinski definition) is 0. The number of hydrogen-bond acceptors (Lipinski definition) is 0. The van der Waals surface area contributed by atoms with E-state index in [0.29, 0.717) is 0 Å². The largest absolute Gasteiger partial charge is 2.00 e. The summed E-state index contributed by atoms with van der Waals surface area (Å²) in [6.07, 6.45) is 0. The van der Waals surface area contributed by atoms with Crippen LogP contribution in [0, 0.1) is 0 Å². The molecular weight excluding hydrogens is 410 g/mol. The molecule has 0 rings (SSSR count). The Kier molecular flexibility index (Phi) is 1090. The van der Waals surface area contributed by atoms with Gasteiger partial charge in [-0.3, -0.25) is 0 Å². The molecule has 0 heterocycles. The van der Waals surface area contributed by atoms with Crippen LogP contribution >= 0.6 is 0 Å². The fourth-order valence-corrected chi connectivity index (χ4v) is 0. The molecule has 2 radical (unpaired) electrons. The van der Waals surface area contributed by atoms with Gasteiger partial charge in [-0.25, -0.2) is 0 Å². The molecule has 0 unspecified atom stereocenters. The second-order valence-corrected chi connectivity index (χ2v) is 0. The molecule has 5 heteroatoms. The first-order valence-corrected chi connectivity index (χ1v) is 0. The molecule has 0 aromatic carbocycles. The van der Waals surface area contributed by atoms with Crippen molar-refractivity contribution in [1.29, 1.82) is 0 Å². The minimum atomic E-state index is 0. The van der Waals surface area contributed by atoms with Gasteiger partial charge in [-0.05, 0) is 0 Å². The molecule has 0 aliphatic carbocycles. The summed E-state index contributed by atoms with van der Waals surface area (Å²) in [5.41, 5.74) is 0. The summed E-state index contributed by atoms with van der Waals surface area (Å²) in [6.45, 7) is 0. The van der Waals surface area contributed by atoms with E-state index in [4.69, 9.17) is 0 Å². The minimum Gasteiger partial charge on any atom is -2.00 e. The Labute approximate surface area is 61.1 Å². The van der Waals surface area contributed by atoms with E-state index in [9.17, 15) is 0 Å². The van der Waals surface area contributed by atoms with Crippen LogP contribution in [-0.2, 0) is 61.2 Å². The van der Waals surface area contributed by atoms with Gasteiger partial charge in [-0.2, -0.15) is 0 Å². The molecule has 0 bridgehead atoms. The van der Waals surface area contributed by atoms with Crippen molar-refractivity contribution < 1.29 is 61.2 Å². The molecule has 0 aromatic heterocycles. The van der Waals surface area contributed by atoms with E-state index in [1.807, 2.05) is 0 Å². The van der Waals surface area contributed by atoms with Gasteiger partial charge in [0.15, 0.2) is 0 Å². The van der Waals surface area contributed by atoms with Crippen LogP contribution in [0.1, 0.15) is 0 Å². The summed E-state index contributed by atoms with van der Waals surface area (Å²) in [7, 11) is 0. The smallest absolute Gasteiger partial charge is 0 e. The van der Waals surface area contributed by atoms with E-state index < -0.39 is 0 Å². The van der Waals surface area contributed by atoms with Gasteiger partial charge in [0.05, 0.1) is 0 Å². The van der Waals surface area contributed by atoms with Crippen LogP contribution < -0.4 is 0 Å². The Morgan fingerprint density at radius 3 is 0.400 bits per heavy atom. The molecule has 0 atom stereocenters. The topological polar surface area (TPSA) is 85.5 Å². The van der Waals surface area contributed by atoms with E-state index in [-0.39, 0.29) is 61.2 Å². The van der Waals surface area contributed by atoms with Gasteiger partial charge in [0.1, 0.15) is 0 Å². The maximum absolute atomic E-state index is 0.